The van der Waals surface area contributed by atoms with Crippen LogP contribution in [0.1, 0.15) is 10.4 Å². The molecule has 0 atom stereocenters. The van der Waals surface area contributed by atoms with Crippen LogP contribution in [0.5, 0.6) is 0 Å². The van der Waals surface area contributed by atoms with E-state index in [9.17, 15) is 14.9 Å². The molecule has 0 spiro atoms. The summed E-state index contributed by atoms with van der Waals surface area (Å²) in [6.45, 7) is 0. The Morgan fingerprint density at radius 2 is 1.74 bits per heavy atom. The first-order valence-corrected chi connectivity index (χ1v) is 8.94. The molecule has 4 aromatic rings. The Balaban J connectivity index is 1.79. The molecule has 6 nitrogen and oxygen atoms in total. The van der Waals surface area contributed by atoms with Gasteiger partial charge in [-0.05, 0) is 30.3 Å². The van der Waals surface area contributed by atoms with Gasteiger partial charge in [0.15, 0.2) is 0 Å². The van der Waals surface area contributed by atoms with Gasteiger partial charge in [-0.15, -0.1) is 11.3 Å². The second kappa shape index (κ2) is 6.97. The molecular weight excluding hydrogens is 362 g/mol. The highest BCUT2D eigenvalue weighted by Crippen LogP contribution is 2.36. The lowest BCUT2D eigenvalue weighted by molar-refractivity contribution is -0.384. The van der Waals surface area contributed by atoms with E-state index in [0.29, 0.717) is 21.8 Å². The Morgan fingerprint density at radius 3 is 2.48 bits per heavy atom. The molecule has 7 heteroatoms. The summed E-state index contributed by atoms with van der Waals surface area (Å²) in [6, 6.07) is 20.8. The van der Waals surface area contributed by atoms with Crippen LogP contribution in [0.3, 0.4) is 0 Å². The number of para-hydroxylation sites is 1. The Hall–Kier alpha value is -3.58. The molecule has 0 radical (unpaired) electrons. The summed E-state index contributed by atoms with van der Waals surface area (Å²) >= 11 is 1.42. The molecule has 3 aromatic carbocycles. The maximum atomic E-state index is 12.5. The molecule has 0 fully saturated rings. The zero-order chi connectivity index (χ0) is 18.8. The van der Waals surface area contributed by atoms with Crippen molar-refractivity contribution in [3.63, 3.8) is 0 Å². The summed E-state index contributed by atoms with van der Waals surface area (Å²) in [5.74, 6) is -0.285. The lowest BCUT2D eigenvalue weighted by Gasteiger charge is -2.09. The van der Waals surface area contributed by atoms with Crippen molar-refractivity contribution in [1.29, 1.82) is 0 Å². The summed E-state index contributed by atoms with van der Waals surface area (Å²) in [5, 5.41) is 14.7. The monoisotopic (exact) mass is 375 g/mol. The van der Waals surface area contributed by atoms with E-state index in [1.54, 1.807) is 30.3 Å². The number of hydrogen-bond acceptors (Lipinski definition) is 5. The number of thiazole rings is 1. The number of nitro benzene ring substituents is 1. The van der Waals surface area contributed by atoms with Crippen LogP contribution in [-0.4, -0.2) is 15.8 Å². The number of nitrogens with zero attached hydrogens (tertiary/aromatic N) is 2. The highest BCUT2D eigenvalue weighted by Gasteiger charge is 2.17. The minimum atomic E-state index is -0.459. The molecule has 132 valence electrons. The number of fused-ring (bicyclic) bond motifs is 1. The molecule has 0 bridgehead atoms. The zero-order valence-electron chi connectivity index (χ0n) is 14.0. The van der Waals surface area contributed by atoms with Crippen molar-refractivity contribution in [3.8, 4) is 10.6 Å². The van der Waals surface area contributed by atoms with E-state index in [2.05, 4.69) is 10.3 Å². The van der Waals surface area contributed by atoms with Gasteiger partial charge in [0, 0.05) is 23.3 Å². The smallest absolute Gasteiger partial charge is 0.270 e. The lowest BCUT2D eigenvalue weighted by Crippen LogP contribution is -2.12. The third-order valence-corrected chi connectivity index (χ3v) is 5.09. The molecule has 0 unspecified atom stereocenters. The molecule has 1 amide bonds. The van der Waals surface area contributed by atoms with E-state index in [1.165, 1.54) is 23.5 Å². The van der Waals surface area contributed by atoms with Gasteiger partial charge in [-0.25, -0.2) is 4.98 Å². The van der Waals surface area contributed by atoms with Crippen LogP contribution < -0.4 is 5.32 Å². The molecule has 0 aliphatic carbocycles. The number of amides is 1. The van der Waals surface area contributed by atoms with Crippen LogP contribution in [0.25, 0.3) is 20.8 Å². The molecule has 4 rings (SSSR count). The molecular formula is C20H13N3O3S. The van der Waals surface area contributed by atoms with Crippen molar-refractivity contribution in [3.05, 3.63) is 88.5 Å². The molecule has 1 N–H and O–H groups in total. The average Bonchev–Trinajstić information content (AvgIpc) is 3.12. The van der Waals surface area contributed by atoms with Crippen molar-refractivity contribution >= 4 is 38.8 Å². The van der Waals surface area contributed by atoms with Gasteiger partial charge in [0.1, 0.15) is 5.01 Å². The van der Waals surface area contributed by atoms with Gasteiger partial charge in [0.25, 0.3) is 11.6 Å². The van der Waals surface area contributed by atoms with Crippen LogP contribution in [0.15, 0.2) is 72.8 Å². The third kappa shape index (κ3) is 3.40. The number of hydrogen-bond donors (Lipinski definition) is 1. The van der Waals surface area contributed by atoms with Crippen molar-refractivity contribution in [2.75, 3.05) is 5.32 Å². The Morgan fingerprint density at radius 1 is 1.00 bits per heavy atom. The fourth-order valence-corrected chi connectivity index (χ4v) is 3.70. The first-order chi connectivity index (χ1) is 13.1. The second-order valence-electron chi connectivity index (χ2n) is 5.79. The van der Waals surface area contributed by atoms with Gasteiger partial charge in [0.05, 0.1) is 20.8 Å². The maximum absolute atomic E-state index is 12.5. The Kier molecular flexibility index (Phi) is 4.35. The van der Waals surface area contributed by atoms with Gasteiger partial charge in [-0.1, -0.05) is 30.3 Å². The normalized spacial score (nSPS) is 10.7. The van der Waals surface area contributed by atoms with Crippen LogP contribution in [0.4, 0.5) is 11.4 Å². The minimum Gasteiger partial charge on any atom is -0.321 e. The minimum absolute atomic E-state index is 0.0537. The second-order valence-corrected chi connectivity index (χ2v) is 6.82. The number of nitro groups is 1. The Labute approximate surface area is 158 Å². The van der Waals surface area contributed by atoms with Crippen LogP contribution in [0, 0.1) is 10.1 Å². The van der Waals surface area contributed by atoms with Gasteiger partial charge in [-0.3, -0.25) is 14.9 Å². The number of aromatic nitrogens is 1. The standard InChI is InChI=1S/C20H13N3O3S/c24-19(13-6-2-1-3-7-13)21-16-11-10-14(23(25)26)12-15(16)20-22-17-8-4-5-9-18(17)27-20/h1-12H,(H,21,24). The Bertz CT molecular complexity index is 1120. The number of anilines is 1. The van der Waals surface area contributed by atoms with Crippen molar-refractivity contribution in [2.45, 2.75) is 0 Å². The molecule has 1 heterocycles. The predicted octanol–water partition coefficient (Wildman–Crippen LogP) is 5.12. The van der Waals surface area contributed by atoms with Crippen LogP contribution in [0.2, 0.25) is 0 Å². The predicted molar refractivity (Wildman–Crippen MR) is 106 cm³/mol. The summed E-state index contributed by atoms with van der Waals surface area (Å²) < 4.78 is 0.972. The highest BCUT2D eigenvalue weighted by atomic mass is 32.1. The van der Waals surface area contributed by atoms with Crippen molar-refractivity contribution in [2.24, 2.45) is 0 Å². The van der Waals surface area contributed by atoms with Gasteiger partial charge >= 0.3 is 0 Å². The van der Waals surface area contributed by atoms with Gasteiger partial charge in [-0.2, -0.15) is 0 Å². The van der Waals surface area contributed by atoms with Gasteiger partial charge < -0.3 is 5.32 Å². The number of carbonyl (C=O) groups excluding carboxylic acids is 1. The topological polar surface area (TPSA) is 85.1 Å². The molecule has 0 aliphatic heterocycles. The SMILES string of the molecule is O=C(Nc1ccc([N+](=O)[O-])cc1-c1nc2ccccc2s1)c1ccccc1. The van der Waals surface area contributed by atoms with Crippen molar-refractivity contribution < 1.29 is 9.72 Å². The van der Waals surface area contributed by atoms with Crippen molar-refractivity contribution in [1.82, 2.24) is 4.98 Å². The van der Waals surface area contributed by atoms with E-state index in [0.717, 1.165) is 10.2 Å². The van der Waals surface area contributed by atoms with Gasteiger partial charge in [0.2, 0.25) is 0 Å². The van der Waals surface area contributed by atoms with Crippen LogP contribution >= 0.6 is 11.3 Å². The summed E-state index contributed by atoms with van der Waals surface area (Å²) in [6.07, 6.45) is 0. The first kappa shape index (κ1) is 16.9. The van der Waals surface area contributed by atoms with E-state index in [4.69, 9.17) is 0 Å². The van der Waals surface area contributed by atoms with E-state index >= 15 is 0 Å². The number of nitrogens with one attached hydrogen (secondary N) is 1. The largest absolute Gasteiger partial charge is 0.321 e. The number of non-ortho nitro benzene ring substituents is 1. The molecule has 0 saturated heterocycles. The summed E-state index contributed by atoms with van der Waals surface area (Å²) in [5.41, 5.74) is 2.26. The molecule has 1 aromatic heterocycles. The summed E-state index contributed by atoms with van der Waals surface area (Å²) in [7, 11) is 0. The van der Waals surface area contributed by atoms with E-state index in [-0.39, 0.29) is 11.6 Å². The highest BCUT2D eigenvalue weighted by molar-refractivity contribution is 7.21. The average molecular weight is 375 g/mol. The lowest BCUT2D eigenvalue weighted by atomic mass is 10.1. The summed E-state index contributed by atoms with van der Waals surface area (Å²) in [4.78, 5) is 27.8. The molecule has 27 heavy (non-hydrogen) atoms. The van der Waals surface area contributed by atoms with Crippen LogP contribution in [-0.2, 0) is 0 Å². The maximum Gasteiger partial charge on any atom is 0.270 e. The number of benzene rings is 3. The fraction of sp³-hybridized carbons (Fsp3) is 0. The number of carbonyl (C=O) groups is 1. The zero-order valence-corrected chi connectivity index (χ0v) is 14.8. The first-order valence-electron chi connectivity index (χ1n) is 8.12. The molecule has 0 saturated carbocycles. The quantitative estimate of drug-likeness (QED) is 0.396. The van der Waals surface area contributed by atoms with E-state index < -0.39 is 4.92 Å². The molecule has 0 aliphatic rings. The fourth-order valence-electron chi connectivity index (χ4n) is 2.70. The number of rotatable bonds is 4. The van der Waals surface area contributed by atoms with E-state index in [1.807, 2.05) is 30.3 Å². The third-order valence-electron chi connectivity index (χ3n) is 4.02.